The van der Waals surface area contributed by atoms with Crippen molar-refractivity contribution in [3.05, 3.63) is 65.7 Å². The molecule has 3 rings (SSSR count). The summed E-state index contributed by atoms with van der Waals surface area (Å²) in [4.78, 5) is 26.2. The maximum absolute atomic E-state index is 13.1. The SMILES string of the molecule is COCCNC(=O)COC(=O)c1cccc(S(=O)(=O)N2CCN(Cc3ccccc3)CC2)c1. The first-order valence-corrected chi connectivity index (χ1v) is 12.1. The Bertz CT molecular complexity index is 1040. The molecule has 178 valence electrons. The lowest BCUT2D eigenvalue weighted by Gasteiger charge is -2.34. The molecular weight excluding hydrogens is 446 g/mol. The Morgan fingerprint density at radius 3 is 2.42 bits per heavy atom. The molecule has 1 heterocycles. The number of benzene rings is 2. The second kappa shape index (κ2) is 11.9. The summed E-state index contributed by atoms with van der Waals surface area (Å²) in [5.74, 6) is -1.22. The molecule has 1 N–H and O–H groups in total. The van der Waals surface area contributed by atoms with E-state index in [0.717, 1.165) is 6.54 Å². The minimum atomic E-state index is -3.75. The summed E-state index contributed by atoms with van der Waals surface area (Å²) >= 11 is 0. The van der Waals surface area contributed by atoms with Crippen LogP contribution in [0, 0.1) is 0 Å². The molecule has 0 saturated carbocycles. The molecular formula is C23H29N3O6S. The number of nitrogens with one attached hydrogen (secondary N) is 1. The van der Waals surface area contributed by atoms with Crippen LogP contribution in [0.2, 0.25) is 0 Å². The average molecular weight is 476 g/mol. The van der Waals surface area contributed by atoms with E-state index in [1.165, 1.54) is 41.2 Å². The Morgan fingerprint density at radius 1 is 1.00 bits per heavy atom. The number of carbonyl (C=O) groups excluding carboxylic acids is 2. The lowest BCUT2D eigenvalue weighted by Crippen LogP contribution is -2.48. The number of piperazine rings is 1. The van der Waals surface area contributed by atoms with Gasteiger partial charge < -0.3 is 14.8 Å². The van der Waals surface area contributed by atoms with Gasteiger partial charge >= 0.3 is 5.97 Å². The number of hydrogen-bond donors (Lipinski definition) is 1. The van der Waals surface area contributed by atoms with E-state index >= 15 is 0 Å². The molecule has 0 aromatic heterocycles. The van der Waals surface area contributed by atoms with E-state index in [4.69, 9.17) is 9.47 Å². The van der Waals surface area contributed by atoms with E-state index in [-0.39, 0.29) is 10.5 Å². The summed E-state index contributed by atoms with van der Waals surface area (Å²) in [7, 11) is -2.24. The van der Waals surface area contributed by atoms with Crippen molar-refractivity contribution < 1.29 is 27.5 Å². The molecule has 1 aliphatic heterocycles. The number of methoxy groups -OCH3 is 1. The molecule has 0 radical (unpaired) electrons. The van der Waals surface area contributed by atoms with Crippen molar-refractivity contribution in [2.75, 3.05) is 53.0 Å². The minimum absolute atomic E-state index is 0.0259. The summed E-state index contributed by atoms with van der Waals surface area (Å²) in [6.07, 6.45) is 0. The van der Waals surface area contributed by atoms with E-state index in [2.05, 4.69) is 22.3 Å². The maximum atomic E-state index is 13.1. The Kier molecular flexibility index (Phi) is 8.95. The van der Waals surface area contributed by atoms with Crippen molar-refractivity contribution in [1.82, 2.24) is 14.5 Å². The molecule has 0 spiro atoms. The third kappa shape index (κ3) is 7.10. The first-order chi connectivity index (χ1) is 15.9. The Balaban J connectivity index is 1.56. The molecule has 0 bridgehead atoms. The van der Waals surface area contributed by atoms with E-state index in [0.29, 0.717) is 39.3 Å². The molecule has 0 atom stereocenters. The van der Waals surface area contributed by atoms with Gasteiger partial charge in [0.05, 0.1) is 17.1 Å². The van der Waals surface area contributed by atoms with Gasteiger partial charge in [-0.25, -0.2) is 13.2 Å². The summed E-state index contributed by atoms with van der Waals surface area (Å²) in [6, 6.07) is 15.7. The molecule has 10 heteroatoms. The fourth-order valence-corrected chi connectivity index (χ4v) is 4.93. The van der Waals surface area contributed by atoms with Crippen molar-refractivity contribution in [1.29, 1.82) is 0 Å². The highest BCUT2D eigenvalue weighted by Gasteiger charge is 2.29. The highest BCUT2D eigenvalue weighted by atomic mass is 32.2. The standard InChI is InChI=1S/C23H29N3O6S/c1-31-15-10-24-22(27)18-32-23(28)20-8-5-9-21(16-20)33(29,30)26-13-11-25(12-14-26)17-19-6-3-2-4-7-19/h2-9,16H,10-15,17-18H2,1H3,(H,24,27). The summed E-state index contributed by atoms with van der Waals surface area (Å²) in [6.45, 7) is 2.94. The van der Waals surface area contributed by atoms with Crippen LogP contribution in [0.5, 0.6) is 0 Å². The van der Waals surface area contributed by atoms with Crippen LogP contribution in [0.3, 0.4) is 0 Å². The topological polar surface area (TPSA) is 105 Å². The normalized spacial score (nSPS) is 15.2. The number of carbonyl (C=O) groups is 2. The monoisotopic (exact) mass is 475 g/mol. The van der Waals surface area contributed by atoms with Crippen molar-refractivity contribution in [2.24, 2.45) is 0 Å². The van der Waals surface area contributed by atoms with Crippen LogP contribution in [-0.2, 0) is 30.8 Å². The first kappa shape index (κ1) is 24.8. The van der Waals surface area contributed by atoms with Gasteiger partial charge in [0.2, 0.25) is 10.0 Å². The van der Waals surface area contributed by atoms with Crippen LogP contribution in [0.4, 0.5) is 0 Å². The molecule has 33 heavy (non-hydrogen) atoms. The quantitative estimate of drug-likeness (QED) is 0.405. The number of rotatable bonds is 10. The third-order valence-electron chi connectivity index (χ3n) is 5.25. The van der Waals surface area contributed by atoms with Gasteiger partial charge in [0.1, 0.15) is 0 Å². The van der Waals surface area contributed by atoms with Gasteiger partial charge in [0.25, 0.3) is 5.91 Å². The van der Waals surface area contributed by atoms with Crippen LogP contribution in [-0.4, -0.2) is 82.5 Å². The predicted octanol–water partition coefficient (Wildman–Crippen LogP) is 1.11. The zero-order valence-corrected chi connectivity index (χ0v) is 19.4. The van der Waals surface area contributed by atoms with Crippen LogP contribution >= 0.6 is 0 Å². The Morgan fingerprint density at radius 2 is 1.73 bits per heavy atom. The zero-order valence-electron chi connectivity index (χ0n) is 18.6. The van der Waals surface area contributed by atoms with Gasteiger partial charge in [-0.05, 0) is 23.8 Å². The number of sulfonamides is 1. The second-order valence-electron chi connectivity index (χ2n) is 7.61. The first-order valence-electron chi connectivity index (χ1n) is 10.7. The second-order valence-corrected chi connectivity index (χ2v) is 9.55. The average Bonchev–Trinajstić information content (AvgIpc) is 2.84. The Labute approximate surface area is 194 Å². The molecule has 1 aliphatic rings. The zero-order chi connectivity index (χ0) is 23.7. The fourth-order valence-electron chi connectivity index (χ4n) is 3.46. The van der Waals surface area contributed by atoms with Gasteiger partial charge in [-0.15, -0.1) is 0 Å². The Hall–Kier alpha value is -2.79. The molecule has 2 aromatic rings. The van der Waals surface area contributed by atoms with E-state index in [1.807, 2.05) is 18.2 Å². The summed E-state index contributed by atoms with van der Waals surface area (Å²) in [5, 5.41) is 2.54. The van der Waals surface area contributed by atoms with Gasteiger partial charge in [0, 0.05) is 46.4 Å². The minimum Gasteiger partial charge on any atom is -0.452 e. The predicted molar refractivity (Wildman–Crippen MR) is 122 cm³/mol. The van der Waals surface area contributed by atoms with E-state index in [1.54, 1.807) is 0 Å². The van der Waals surface area contributed by atoms with Gasteiger partial charge in [-0.1, -0.05) is 36.4 Å². The number of ether oxygens (including phenoxy) is 2. The highest BCUT2D eigenvalue weighted by Crippen LogP contribution is 2.20. The largest absolute Gasteiger partial charge is 0.452 e. The van der Waals surface area contributed by atoms with Crippen LogP contribution in [0.1, 0.15) is 15.9 Å². The van der Waals surface area contributed by atoms with E-state index < -0.39 is 28.5 Å². The number of hydrogen-bond acceptors (Lipinski definition) is 7. The molecule has 0 unspecified atom stereocenters. The van der Waals surface area contributed by atoms with Crippen LogP contribution in [0.15, 0.2) is 59.5 Å². The summed E-state index contributed by atoms with van der Waals surface area (Å²) < 4.78 is 37.5. The van der Waals surface area contributed by atoms with Gasteiger partial charge in [-0.2, -0.15) is 4.31 Å². The van der Waals surface area contributed by atoms with Gasteiger partial charge in [-0.3, -0.25) is 9.69 Å². The molecule has 2 aromatic carbocycles. The highest BCUT2D eigenvalue weighted by molar-refractivity contribution is 7.89. The summed E-state index contributed by atoms with van der Waals surface area (Å²) in [5.41, 5.74) is 1.26. The van der Waals surface area contributed by atoms with Crippen molar-refractivity contribution >= 4 is 21.9 Å². The van der Waals surface area contributed by atoms with Crippen LogP contribution < -0.4 is 5.32 Å². The fraction of sp³-hybridized carbons (Fsp3) is 0.391. The molecule has 1 fully saturated rings. The molecule has 1 amide bonds. The van der Waals surface area contributed by atoms with Crippen LogP contribution in [0.25, 0.3) is 0 Å². The van der Waals surface area contributed by atoms with Crippen molar-refractivity contribution in [2.45, 2.75) is 11.4 Å². The van der Waals surface area contributed by atoms with Gasteiger partial charge in [0.15, 0.2) is 6.61 Å². The number of esters is 1. The van der Waals surface area contributed by atoms with E-state index in [9.17, 15) is 18.0 Å². The number of amides is 1. The maximum Gasteiger partial charge on any atom is 0.338 e. The van der Waals surface area contributed by atoms with Crippen molar-refractivity contribution in [3.63, 3.8) is 0 Å². The smallest absolute Gasteiger partial charge is 0.338 e. The molecule has 1 saturated heterocycles. The number of nitrogens with zero attached hydrogens (tertiary/aromatic N) is 2. The lowest BCUT2D eigenvalue weighted by molar-refractivity contribution is -0.124. The molecule has 0 aliphatic carbocycles. The lowest BCUT2D eigenvalue weighted by atomic mass is 10.2. The van der Waals surface area contributed by atoms with Crippen molar-refractivity contribution in [3.8, 4) is 0 Å². The third-order valence-corrected chi connectivity index (χ3v) is 7.15. The molecule has 9 nitrogen and oxygen atoms in total.